The van der Waals surface area contributed by atoms with Gasteiger partial charge in [-0.05, 0) is 12.8 Å². The molecule has 1 atom stereocenters. The SMILES string of the molecule is CCCCCCCCCC(CCCCCCC)C(=O)n1ccnc1. The van der Waals surface area contributed by atoms with E-state index in [2.05, 4.69) is 18.8 Å². The fourth-order valence-corrected chi connectivity index (χ4v) is 3.33. The molecular weight excluding hydrogens is 296 g/mol. The number of aromatic nitrogens is 2. The van der Waals surface area contributed by atoms with E-state index in [-0.39, 0.29) is 11.8 Å². The lowest BCUT2D eigenvalue weighted by Gasteiger charge is -2.16. The van der Waals surface area contributed by atoms with Crippen LogP contribution in [0.2, 0.25) is 0 Å². The summed E-state index contributed by atoms with van der Waals surface area (Å²) in [6, 6.07) is 0. The summed E-state index contributed by atoms with van der Waals surface area (Å²) >= 11 is 0. The number of nitrogens with zero attached hydrogens (tertiary/aromatic N) is 2. The van der Waals surface area contributed by atoms with E-state index in [1.54, 1.807) is 23.3 Å². The molecule has 0 aromatic carbocycles. The molecule has 0 amide bonds. The first kappa shape index (κ1) is 20.9. The van der Waals surface area contributed by atoms with Crippen molar-refractivity contribution < 1.29 is 4.79 Å². The van der Waals surface area contributed by atoms with Gasteiger partial charge >= 0.3 is 0 Å². The number of imidazole rings is 1. The Morgan fingerprint density at radius 1 is 0.833 bits per heavy atom. The van der Waals surface area contributed by atoms with E-state index < -0.39 is 0 Å². The summed E-state index contributed by atoms with van der Waals surface area (Å²) in [4.78, 5) is 16.7. The zero-order valence-corrected chi connectivity index (χ0v) is 16.0. The fourth-order valence-electron chi connectivity index (χ4n) is 3.33. The van der Waals surface area contributed by atoms with E-state index in [4.69, 9.17) is 0 Å². The largest absolute Gasteiger partial charge is 0.276 e. The molecule has 1 heterocycles. The van der Waals surface area contributed by atoms with Crippen molar-refractivity contribution >= 4 is 5.91 Å². The molecule has 0 aliphatic heterocycles. The van der Waals surface area contributed by atoms with Crippen molar-refractivity contribution in [1.29, 1.82) is 0 Å². The molecule has 0 fully saturated rings. The monoisotopic (exact) mass is 334 g/mol. The van der Waals surface area contributed by atoms with E-state index >= 15 is 0 Å². The van der Waals surface area contributed by atoms with Crippen LogP contribution in [0.1, 0.15) is 109 Å². The lowest BCUT2D eigenvalue weighted by atomic mass is 9.93. The molecule has 3 nitrogen and oxygen atoms in total. The van der Waals surface area contributed by atoms with Crippen LogP contribution >= 0.6 is 0 Å². The maximum Gasteiger partial charge on any atom is 0.234 e. The predicted molar refractivity (Wildman–Crippen MR) is 102 cm³/mol. The molecule has 0 aliphatic rings. The minimum Gasteiger partial charge on any atom is -0.276 e. The van der Waals surface area contributed by atoms with Gasteiger partial charge in [0.1, 0.15) is 6.33 Å². The van der Waals surface area contributed by atoms with Crippen molar-refractivity contribution in [3.8, 4) is 0 Å². The second-order valence-corrected chi connectivity index (χ2v) is 7.12. The Morgan fingerprint density at radius 2 is 1.33 bits per heavy atom. The van der Waals surface area contributed by atoms with Gasteiger partial charge in [0, 0.05) is 18.3 Å². The third-order valence-corrected chi connectivity index (χ3v) is 4.92. The van der Waals surface area contributed by atoms with Crippen LogP contribution in [0.3, 0.4) is 0 Å². The maximum absolute atomic E-state index is 12.7. The molecule has 3 heteroatoms. The Bertz CT molecular complexity index is 400. The van der Waals surface area contributed by atoms with Crippen LogP contribution < -0.4 is 0 Å². The average Bonchev–Trinajstić information content (AvgIpc) is 3.13. The molecular formula is C21H38N2O. The van der Waals surface area contributed by atoms with Gasteiger partial charge in [-0.1, -0.05) is 90.9 Å². The molecule has 0 bridgehead atoms. The van der Waals surface area contributed by atoms with Gasteiger partial charge in [0.05, 0.1) is 0 Å². The molecule has 0 saturated carbocycles. The summed E-state index contributed by atoms with van der Waals surface area (Å²) < 4.78 is 1.68. The van der Waals surface area contributed by atoms with Crippen molar-refractivity contribution in [2.75, 3.05) is 0 Å². The normalized spacial score (nSPS) is 12.4. The number of carbonyl (C=O) groups excluding carboxylic acids is 1. The molecule has 1 aromatic rings. The molecule has 0 N–H and O–H groups in total. The number of hydrogen-bond donors (Lipinski definition) is 0. The van der Waals surface area contributed by atoms with Crippen LogP contribution in [-0.4, -0.2) is 15.5 Å². The van der Waals surface area contributed by atoms with E-state index in [1.165, 1.54) is 77.0 Å². The van der Waals surface area contributed by atoms with Crippen LogP contribution in [0.4, 0.5) is 0 Å². The minimum absolute atomic E-state index is 0.177. The van der Waals surface area contributed by atoms with Crippen LogP contribution in [0.15, 0.2) is 18.7 Å². The van der Waals surface area contributed by atoms with Gasteiger partial charge in [-0.2, -0.15) is 0 Å². The smallest absolute Gasteiger partial charge is 0.234 e. The van der Waals surface area contributed by atoms with E-state index in [9.17, 15) is 4.79 Å². The highest BCUT2D eigenvalue weighted by Gasteiger charge is 2.19. The van der Waals surface area contributed by atoms with Gasteiger partial charge in [0.25, 0.3) is 0 Å². The minimum atomic E-state index is 0.177. The molecule has 1 rings (SSSR count). The Kier molecular flexibility index (Phi) is 12.4. The Labute approximate surface area is 149 Å². The van der Waals surface area contributed by atoms with Gasteiger partial charge < -0.3 is 0 Å². The Hall–Kier alpha value is -1.12. The van der Waals surface area contributed by atoms with Crippen LogP contribution in [0.25, 0.3) is 0 Å². The molecule has 0 aliphatic carbocycles. The zero-order chi connectivity index (χ0) is 17.5. The maximum atomic E-state index is 12.7. The highest BCUT2D eigenvalue weighted by molar-refractivity contribution is 5.81. The number of hydrogen-bond acceptors (Lipinski definition) is 2. The van der Waals surface area contributed by atoms with Crippen molar-refractivity contribution in [3.63, 3.8) is 0 Å². The molecule has 0 radical (unpaired) electrons. The van der Waals surface area contributed by atoms with Crippen molar-refractivity contribution in [1.82, 2.24) is 9.55 Å². The summed E-state index contributed by atoms with van der Waals surface area (Å²) in [5, 5.41) is 0. The van der Waals surface area contributed by atoms with Gasteiger partial charge in [0.15, 0.2) is 0 Å². The standard InChI is InChI=1S/C21H38N2O/c1-3-5-7-9-10-12-14-16-20(15-13-11-8-6-4-2)21(24)23-18-17-22-19-23/h17-20H,3-16H2,1-2H3. The second-order valence-electron chi connectivity index (χ2n) is 7.12. The van der Waals surface area contributed by atoms with E-state index in [1.807, 2.05) is 0 Å². The third kappa shape index (κ3) is 9.24. The summed E-state index contributed by atoms with van der Waals surface area (Å²) in [5.41, 5.74) is 0. The fraction of sp³-hybridized carbons (Fsp3) is 0.810. The molecule has 138 valence electrons. The van der Waals surface area contributed by atoms with Crippen molar-refractivity contribution in [2.24, 2.45) is 5.92 Å². The Morgan fingerprint density at radius 3 is 1.79 bits per heavy atom. The molecule has 1 aromatic heterocycles. The molecule has 0 saturated heterocycles. The van der Waals surface area contributed by atoms with Gasteiger partial charge in [-0.3, -0.25) is 9.36 Å². The van der Waals surface area contributed by atoms with Crippen LogP contribution in [0, 0.1) is 5.92 Å². The first-order valence-electron chi connectivity index (χ1n) is 10.3. The predicted octanol–water partition coefficient (Wildman–Crippen LogP) is 6.64. The van der Waals surface area contributed by atoms with Gasteiger partial charge in [-0.15, -0.1) is 0 Å². The average molecular weight is 335 g/mol. The zero-order valence-electron chi connectivity index (χ0n) is 16.0. The first-order chi connectivity index (χ1) is 11.8. The lowest BCUT2D eigenvalue weighted by Crippen LogP contribution is -2.21. The summed E-state index contributed by atoms with van der Waals surface area (Å²) in [6.07, 6.45) is 22.7. The topological polar surface area (TPSA) is 34.9 Å². The van der Waals surface area contributed by atoms with E-state index in [0.717, 1.165) is 12.8 Å². The number of carbonyl (C=O) groups is 1. The molecule has 24 heavy (non-hydrogen) atoms. The molecule has 0 spiro atoms. The number of unbranched alkanes of at least 4 members (excludes halogenated alkanes) is 10. The molecule has 1 unspecified atom stereocenters. The van der Waals surface area contributed by atoms with E-state index in [0.29, 0.717) is 0 Å². The van der Waals surface area contributed by atoms with Gasteiger partial charge in [0.2, 0.25) is 5.91 Å². The summed E-state index contributed by atoms with van der Waals surface area (Å²) in [5.74, 6) is 0.422. The quantitative estimate of drug-likeness (QED) is 0.337. The summed E-state index contributed by atoms with van der Waals surface area (Å²) in [6.45, 7) is 4.50. The number of rotatable bonds is 15. The highest BCUT2D eigenvalue weighted by Crippen LogP contribution is 2.21. The Balaban J connectivity index is 2.30. The van der Waals surface area contributed by atoms with Crippen molar-refractivity contribution in [2.45, 2.75) is 104 Å². The first-order valence-corrected chi connectivity index (χ1v) is 10.3. The third-order valence-electron chi connectivity index (χ3n) is 4.92. The van der Waals surface area contributed by atoms with Gasteiger partial charge in [-0.25, -0.2) is 4.98 Å². The highest BCUT2D eigenvalue weighted by atomic mass is 16.2. The summed E-state index contributed by atoms with van der Waals surface area (Å²) in [7, 11) is 0. The van der Waals surface area contributed by atoms with Crippen LogP contribution in [-0.2, 0) is 0 Å². The lowest BCUT2D eigenvalue weighted by molar-refractivity contribution is 0.0814. The van der Waals surface area contributed by atoms with Crippen LogP contribution in [0.5, 0.6) is 0 Å². The second kappa shape index (κ2) is 14.2. The van der Waals surface area contributed by atoms with Crippen molar-refractivity contribution in [3.05, 3.63) is 18.7 Å².